The van der Waals surface area contributed by atoms with Gasteiger partial charge in [0, 0.05) is 0 Å². The lowest BCUT2D eigenvalue weighted by atomic mass is 10.3. The molecule has 8 heteroatoms. The summed E-state index contributed by atoms with van der Waals surface area (Å²) in [6.07, 6.45) is -3.87. The third-order valence-corrected chi connectivity index (χ3v) is 1.80. The second-order valence-corrected chi connectivity index (χ2v) is 2.88. The summed E-state index contributed by atoms with van der Waals surface area (Å²) < 4.78 is 53.6. The van der Waals surface area contributed by atoms with Crippen molar-refractivity contribution >= 4 is 0 Å². The van der Waals surface area contributed by atoms with Crippen LogP contribution in [0.1, 0.15) is 24.7 Å². The minimum absolute atomic E-state index is 0.159. The Bertz CT molecular complexity index is 328. The molecule has 0 aliphatic heterocycles. The second-order valence-electron chi connectivity index (χ2n) is 2.88. The molecular formula is C7H9F4N3O. The Kier molecular flexibility index (Phi) is 3.28. The molecule has 1 aromatic heterocycles. The Morgan fingerprint density at radius 3 is 2.40 bits per heavy atom. The minimum atomic E-state index is -4.40. The first-order valence-corrected chi connectivity index (χ1v) is 4.06. The molecule has 1 N–H and O–H groups in total. The summed E-state index contributed by atoms with van der Waals surface area (Å²) in [4.78, 5) is 0. The van der Waals surface area contributed by atoms with E-state index in [4.69, 9.17) is 0 Å². The monoisotopic (exact) mass is 227 g/mol. The summed E-state index contributed by atoms with van der Waals surface area (Å²) in [6.45, 7) is 1.57. The van der Waals surface area contributed by atoms with Gasteiger partial charge in [-0.3, -0.25) is 0 Å². The van der Waals surface area contributed by atoms with Gasteiger partial charge in [-0.1, -0.05) is 0 Å². The van der Waals surface area contributed by atoms with Crippen LogP contribution in [0.5, 0.6) is 0 Å². The first kappa shape index (κ1) is 11.9. The maximum Gasteiger partial charge on any atom is 0.382 e. The van der Waals surface area contributed by atoms with Crippen molar-refractivity contribution in [1.82, 2.24) is 15.5 Å². The van der Waals surface area contributed by atoms with Gasteiger partial charge >= 0.3 is 12.3 Å². The molecule has 1 atom stereocenters. The van der Waals surface area contributed by atoms with Crippen molar-refractivity contribution < 1.29 is 22.0 Å². The third kappa shape index (κ3) is 2.25. The molecule has 86 valence electrons. The van der Waals surface area contributed by atoms with Gasteiger partial charge < -0.3 is 9.73 Å². The summed E-state index contributed by atoms with van der Waals surface area (Å²) in [5, 5.41) is 8.78. The molecule has 15 heavy (non-hydrogen) atoms. The number of nitrogens with zero attached hydrogens (tertiary/aromatic N) is 2. The number of halogens is 4. The number of alkyl halides is 4. The van der Waals surface area contributed by atoms with Crippen LogP contribution in [0.4, 0.5) is 17.6 Å². The molecule has 0 spiro atoms. The predicted octanol–water partition coefficient (Wildman–Crippen LogP) is 1.71. The average Bonchev–Trinajstić information content (AvgIpc) is 2.65. The van der Waals surface area contributed by atoms with Crippen LogP contribution in [0.15, 0.2) is 4.42 Å². The highest BCUT2D eigenvalue weighted by Crippen LogP contribution is 2.33. The van der Waals surface area contributed by atoms with Crippen LogP contribution in [-0.4, -0.2) is 23.7 Å². The van der Waals surface area contributed by atoms with Crippen molar-refractivity contribution in [3.05, 3.63) is 11.8 Å². The van der Waals surface area contributed by atoms with Gasteiger partial charge in [0.1, 0.15) is 0 Å². The molecule has 0 aromatic carbocycles. The van der Waals surface area contributed by atoms with E-state index in [2.05, 4.69) is 19.9 Å². The van der Waals surface area contributed by atoms with Crippen LogP contribution < -0.4 is 5.32 Å². The first-order valence-electron chi connectivity index (χ1n) is 4.06. The van der Waals surface area contributed by atoms with E-state index < -0.39 is 24.3 Å². The Labute approximate surface area is 82.7 Å². The summed E-state index contributed by atoms with van der Waals surface area (Å²) in [6, 6.07) is -0.472. The zero-order valence-electron chi connectivity index (χ0n) is 7.97. The second kappa shape index (κ2) is 4.13. The van der Waals surface area contributed by atoms with Crippen LogP contribution in [0.2, 0.25) is 0 Å². The molecule has 0 radical (unpaired) electrons. The van der Waals surface area contributed by atoms with E-state index >= 15 is 0 Å². The lowest BCUT2D eigenvalue weighted by Gasteiger charge is -2.09. The largest absolute Gasteiger partial charge is 0.418 e. The van der Waals surface area contributed by atoms with E-state index in [1.54, 1.807) is 14.0 Å². The Hall–Kier alpha value is -1.18. The highest BCUT2D eigenvalue weighted by molar-refractivity contribution is 4.95. The summed E-state index contributed by atoms with van der Waals surface area (Å²) >= 11 is 0. The highest BCUT2D eigenvalue weighted by Gasteiger charge is 2.48. The van der Waals surface area contributed by atoms with Gasteiger partial charge in [-0.15, -0.1) is 10.2 Å². The lowest BCUT2D eigenvalue weighted by molar-refractivity contribution is -0.151. The molecule has 0 amide bonds. The van der Waals surface area contributed by atoms with Crippen LogP contribution in [-0.2, 0) is 5.92 Å². The summed E-state index contributed by atoms with van der Waals surface area (Å²) in [5.41, 5.74) is 0. The van der Waals surface area contributed by atoms with Crippen LogP contribution in [0.3, 0.4) is 0 Å². The van der Waals surface area contributed by atoms with Crippen molar-refractivity contribution in [2.45, 2.75) is 25.3 Å². The number of nitrogens with one attached hydrogen (secondary N) is 1. The smallest absolute Gasteiger partial charge is 0.382 e. The van der Waals surface area contributed by atoms with Gasteiger partial charge in [-0.25, -0.2) is 8.78 Å². The fourth-order valence-electron chi connectivity index (χ4n) is 0.761. The topological polar surface area (TPSA) is 51.0 Å². The molecule has 4 nitrogen and oxygen atoms in total. The summed E-state index contributed by atoms with van der Waals surface area (Å²) in [5.74, 6) is -5.93. The standard InChI is InChI=1S/C7H9F4N3O/c1-3(12-2)4-13-14-6(15-4)7(10,11)5(8)9/h3,5,12H,1-2H3. The average molecular weight is 227 g/mol. The number of hydrogen-bond donors (Lipinski definition) is 1. The summed E-state index contributed by atoms with van der Waals surface area (Å²) in [7, 11) is 1.54. The zero-order chi connectivity index (χ0) is 11.6. The van der Waals surface area contributed by atoms with Gasteiger partial charge in [-0.2, -0.15) is 8.78 Å². The molecule has 0 saturated carbocycles. The van der Waals surface area contributed by atoms with Gasteiger partial charge in [0.2, 0.25) is 5.89 Å². The third-order valence-electron chi connectivity index (χ3n) is 1.80. The van der Waals surface area contributed by atoms with E-state index in [1.165, 1.54) is 0 Å². The number of aromatic nitrogens is 2. The Balaban J connectivity index is 2.93. The molecule has 1 heterocycles. The highest BCUT2D eigenvalue weighted by atomic mass is 19.3. The van der Waals surface area contributed by atoms with Gasteiger partial charge in [0.05, 0.1) is 6.04 Å². The maximum atomic E-state index is 12.7. The van der Waals surface area contributed by atoms with Crippen molar-refractivity contribution in [2.24, 2.45) is 0 Å². The van der Waals surface area contributed by atoms with Crippen molar-refractivity contribution in [3.63, 3.8) is 0 Å². The van der Waals surface area contributed by atoms with Crippen molar-refractivity contribution in [1.29, 1.82) is 0 Å². The molecule has 0 aliphatic carbocycles. The molecule has 0 fully saturated rings. The molecule has 0 bridgehead atoms. The SMILES string of the molecule is CNC(C)c1nnc(C(F)(F)C(F)F)o1. The van der Waals surface area contributed by atoms with Crippen LogP contribution >= 0.6 is 0 Å². The molecule has 0 saturated heterocycles. The van der Waals surface area contributed by atoms with E-state index in [0.29, 0.717) is 0 Å². The fraction of sp³-hybridized carbons (Fsp3) is 0.714. The molecule has 1 unspecified atom stereocenters. The fourth-order valence-corrected chi connectivity index (χ4v) is 0.761. The quantitative estimate of drug-likeness (QED) is 0.795. The van der Waals surface area contributed by atoms with Crippen LogP contribution in [0.25, 0.3) is 0 Å². The molecule has 1 aromatic rings. The normalized spacial score (nSPS) is 14.6. The van der Waals surface area contributed by atoms with Crippen molar-refractivity contribution in [2.75, 3.05) is 7.05 Å². The molecule has 1 rings (SSSR count). The van der Waals surface area contributed by atoms with Gasteiger partial charge in [0.15, 0.2) is 0 Å². The van der Waals surface area contributed by atoms with E-state index in [9.17, 15) is 17.6 Å². The zero-order valence-corrected chi connectivity index (χ0v) is 7.97. The number of rotatable bonds is 4. The Morgan fingerprint density at radius 2 is 1.93 bits per heavy atom. The predicted molar refractivity (Wildman–Crippen MR) is 41.7 cm³/mol. The van der Waals surface area contributed by atoms with E-state index in [0.717, 1.165) is 0 Å². The molecule has 0 aliphatic rings. The van der Waals surface area contributed by atoms with Gasteiger partial charge in [0.25, 0.3) is 5.89 Å². The molecular weight excluding hydrogens is 218 g/mol. The maximum absolute atomic E-state index is 12.7. The Morgan fingerprint density at radius 1 is 1.33 bits per heavy atom. The minimum Gasteiger partial charge on any atom is -0.418 e. The lowest BCUT2D eigenvalue weighted by Crippen LogP contribution is -2.24. The van der Waals surface area contributed by atoms with Gasteiger partial charge in [-0.05, 0) is 14.0 Å². The van der Waals surface area contributed by atoms with E-state index in [1.807, 2.05) is 0 Å². The van der Waals surface area contributed by atoms with Crippen LogP contribution in [0, 0.1) is 0 Å². The van der Waals surface area contributed by atoms with Crippen molar-refractivity contribution in [3.8, 4) is 0 Å². The first-order chi connectivity index (χ1) is 6.89. The number of hydrogen-bond acceptors (Lipinski definition) is 4. The van der Waals surface area contributed by atoms with E-state index in [-0.39, 0.29) is 5.89 Å².